The van der Waals surface area contributed by atoms with Crippen LogP contribution in [0.25, 0.3) is 10.2 Å². The number of fused-ring (bicyclic) bond motifs is 1. The highest BCUT2D eigenvalue weighted by Gasteiger charge is 2.26. The van der Waals surface area contributed by atoms with Crippen molar-refractivity contribution in [1.82, 2.24) is 20.0 Å². The number of amides is 2. The van der Waals surface area contributed by atoms with Gasteiger partial charge < -0.3 is 29.9 Å². The first-order chi connectivity index (χ1) is 22.0. The third kappa shape index (κ3) is 7.08. The van der Waals surface area contributed by atoms with Gasteiger partial charge >= 0.3 is 6.09 Å². The highest BCUT2D eigenvalue weighted by Crippen LogP contribution is 2.33. The van der Waals surface area contributed by atoms with E-state index in [2.05, 4.69) is 32.1 Å². The number of hydrogen-bond acceptors (Lipinski definition) is 9. The van der Waals surface area contributed by atoms with E-state index in [9.17, 15) is 14.4 Å². The smallest absolute Gasteiger partial charge is 0.435 e. The number of benzene rings is 2. The van der Waals surface area contributed by atoms with Gasteiger partial charge in [0.25, 0.3) is 11.8 Å². The van der Waals surface area contributed by atoms with Gasteiger partial charge in [-0.2, -0.15) is 4.68 Å². The summed E-state index contributed by atoms with van der Waals surface area (Å²) in [6.45, 7) is 9.22. The Bertz CT molecular complexity index is 1660. The molecule has 1 atom stereocenters. The average molecular weight is 629 g/mol. The van der Waals surface area contributed by atoms with Crippen LogP contribution in [0.4, 0.5) is 16.3 Å². The second-order valence-electron chi connectivity index (χ2n) is 11.0. The summed E-state index contributed by atoms with van der Waals surface area (Å²) < 4.78 is 12.2. The van der Waals surface area contributed by atoms with E-state index < -0.39 is 6.09 Å². The number of carbonyl (C=O) groups is 3. The van der Waals surface area contributed by atoms with Crippen LogP contribution in [0, 0.1) is 0 Å². The first-order valence-corrected chi connectivity index (χ1v) is 15.9. The van der Waals surface area contributed by atoms with Gasteiger partial charge in [-0.3, -0.25) is 9.59 Å². The lowest BCUT2D eigenvalue weighted by atomic mass is 10.1. The highest BCUT2D eigenvalue weighted by molar-refractivity contribution is 7.21. The molecule has 0 radical (unpaired) electrons. The Balaban J connectivity index is 1.25. The van der Waals surface area contributed by atoms with E-state index in [1.807, 2.05) is 42.5 Å². The standard InChI is InChI=1S/C33H36N6O5S/c1-2-18-44-33(42)39-27-21-28(32(41)34-26(22-37-14-6-7-15-37)23-8-4-3-5-9-23)45-29(27)30(36-39)35-31(40)24-10-12-25(13-11-24)38-16-19-43-20-17-38/h2-5,8-13,21,26H,1,6-7,14-20,22H2,(H,34,41)(H,35,36,40)/t26-/m1/s1. The minimum atomic E-state index is -0.740. The number of nitrogens with zero attached hydrogens (tertiary/aromatic N) is 4. The van der Waals surface area contributed by atoms with E-state index in [0.717, 1.165) is 66.3 Å². The van der Waals surface area contributed by atoms with Crippen molar-refractivity contribution in [2.75, 3.05) is 62.8 Å². The van der Waals surface area contributed by atoms with Crippen LogP contribution < -0.4 is 15.5 Å². The molecule has 234 valence electrons. The highest BCUT2D eigenvalue weighted by atomic mass is 32.1. The molecular weight excluding hydrogens is 592 g/mol. The molecule has 6 rings (SSSR count). The van der Waals surface area contributed by atoms with Gasteiger partial charge in [0.05, 0.1) is 34.3 Å². The summed E-state index contributed by atoms with van der Waals surface area (Å²) in [5.41, 5.74) is 2.84. The van der Waals surface area contributed by atoms with Crippen molar-refractivity contribution in [2.24, 2.45) is 0 Å². The molecule has 0 unspecified atom stereocenters. The van der Waals surface area contributed by atoms with Crippen LogP contribution in [-0.2, 0) is 9.47 Å². The quantitative estimate of drug-likeness (QED) is 0.238. The summed E-state index contributed by atoms with van der Waals surface area (Å²) >= 11 is 1.16. The Kier molecular flexibility index (Phi) is 9.53. The molecule has 2 fully saturated rings. The van der Waals surface area contributed by atoms with Crippen molar-refractivity contribution in [3.8, 4) is 0 Å². The number of anilines is 2. The molecule has 12 heteroatoms. The van der Waals surface area contributed by atoms with Crippen LogP contribution in [0.2, 0.25) is 0 Å². The molecule has 0 spiro atoms. The number of likely N-dealkylation sites (tertiary alicyclic amines) is 1. The molecule has 2 aromatic carbocycles. The number of morpholine rings is 1. The van der Waals surface area contributed by atoms with Gasteiger partial charge in [-0.05, 0) is 61.8 Å². The predicted octanol–water partition coefficient (Wildman–Crippen LogP) is 4.92. The minimum Gasteiger partial charge on any atom is -0.444 e. The molecule has 0 saturated carbocycles. The number of thiophene rings is 1. The first kappa shape index (κ1) is 30.5. The van der Waals surface area contributed by atoms with Crippen LogP contribution in [0.15, 0.2) is 73.3 Å². The second-order valence-corrected chi connectivity index (χ2v) is 12.0. The van der Waals surface area contributed by atoms with Gasteiger partial charge in [-0.25, -0.2) is 4.79 Å². The minimum absolute atomic E-state index is 0.00981. The van der Waals surface area contributed by atoms with Gasteiger partial charge in [-0.15, -0.1) is 16.4 Å². The number of ether oxygens (including phenoxy) is 2. The first-order valence-electron chi connectivity index (χ1n) is 15.1. The number of carbonyl (C=O) groups excluding carboxylic acids is 3. The van der Waals surface area contributed by atoms with E-state index in [1.165, 1.54) is 6.08 Å². The molecule has 2 amide bonds. The summed E-state index contributed by atoms with van der Waals surface area (Å²) in [6, 6.07) is 18.6. The molecule has 2 N–H and O–H groups in total. The molecule has 2 aliphatic rings. The Labute approximate surface area is 265 Å². The lowest BCUT2D eigenvalue weighted by molar-refractivity contribution is 0.0930. The lowest BCUT2D eigenvalue weighted by Gasteiger charge is -2.28. The van der Waals surface area contributed by atoms with E-state index >= 15 is 0 Å². The molecule has 4 heterocycles. The third-order valence-electron chi connectivity index (χ3n) is 7.96. The molecule has 2 saturated heterocycles. The van der Waals surface area contributed by atoms with E-state index in [-0.39, 0.29) is 30.3 Å². The zero-order chi connectivity index (χ0) is 31.2. The number of rotatable bonds is 10. The van der Waals surface area contributed by atoms with E-state index in [4.69, 9.17) is 9.47 Å². The molecule has 45 heavy (non-hydrogen) atoms. The largest absolute Gasteiger partial charge is 0.444 e. The van der Waals surface area contributed by atoms with Gasteiger partial charge in [-0.1, -0.05) is 43.0 Å². The van der Waals surface area contributed by atoms with Gasteiger partial charge in [0.2, 0.25) is 0 Å². The van der Waals surface area contributed by atoms with Gasteiger partial charge in [0.1, 0.15) is 6.61 Å². The lowest BCUT2D eigenvalue weighted by Crippen LogP contribution is -2.36. The fourth-order valence-electron chi connectivity index (χ4n) is 5.63. The Morgan fingerprint density at radius 2 is 1.73 bits per heavy atom. The SMILES string of the molecule is C=CCOC(=O)n1nc(NC(=O)c2ccc(N3CCOCC3)cc2)c2sc(C(=O)N[C@H](CN3CCCC3)c3ccccc3)cc21. The molecule has 4 aromatic rings. The maximum absolute atomic E-state index is 13.7. The summed E-state index contributed by atoms with van der Waals surface area (Å²) in [5, 5.41) is 10.4. The molecule has 0 aliphatic carbocycles. The fraction of sp³-hybridized carbons (Fsp3) is 0.333. The summed E-state index contributed by atoms with van der Waals surface area (Å²) in [6.07, 6.45) is 3.02. The normalized spacial score (nSPS) is 16.0. The predicted molar refractivity (Wildman–Crippen MR) is 174 cm³/mol. The van der Waals surface area contributed by atoms with Crippen LogP contribution in [-0.4, -0.2) is 85.1 Å². The summed E-state index contributed by atoms with van der Waals surface area (Å²) in [4.78, 5) is 44.8. The van der Waals surface area contributed by atoms with Gasteiger partial charge in [0.15, 0.2) is 5.82 Å². The topological polar surface area (TPSA) is 118 Å². The molecule has 0 bridgehead atoms. The monoisotopic (exact) mass is 628 g/mol. The van der Waals surface area contributed by atoms with Crippen molar-refractivity contribution >= 4 is 51.0 Å². The second kappa shape index (κ2) is 14.1. The average Bonchev–Trinajstić information content (AvgIpc) is 3.83. The summed E-state index contributed by atoms with van der Waals surface area (Å²) in [5.74, 6) is -0.488. The molecule has 11 nitrogen and oxygen atoms in total. The molecular formula is C33H36N6O5S. The van der Waals surface area contributed by atoms with Gasteiger partial charge in [0, 0.05) is 30.9 Å². The van der Waals surface area contributed by atoms with Crippen molar-refractivity contribution in [3.05, 3.63) is 89.3 Å². The Hall–Kier alpha value is -4.52. The third-order valence-corrected chi connectivity index (χ3v) is 9.09. The van der Waals surface area contributed by atoms with Crippen LogP contribution in [0.5, 0.6) is 0 Å². The number of nitrogens with one attached hydrogen (secondary N) is 2. The van der Waals surface area contributed by atoms with Crippen molar-refractivity contribution in [1.29, 1.82) is 0 Å². The van der Waals surface area contributed by atoms with E-state index in [0.29, 0.717) is 40.4 Å². The fourth-order valence-corrected chi connectivity index (χ4v) is 6.61. The Morgan fingerprint density at radius 1 is 1.00 bits per heavy atom. The molecule has 2 aliphatic heterocycles. The maximum atomic E-state index is 13.7. The van der Waals surface area contributed by atoms with Crippen molar-refractivity contribution < 1.29 is 23.9 Å². The zero-order valence-corrected chi connectivity index (χ0v) is 25.8. The summed E-state index contributed by atoms with van der Waals surface area (Å²) in [7, 11) is 0. The number of aromatic nitrogens is 2. The van der Waals surface area contributed by atoms with Crippen molar-refractivity contribution in [3.63, 3.8) is 0 Å². The maximum Gasteiger partial charge on any atom is 0.435 e. The van der Waals surface area contributed by atoms with E-state index in [1.54, 1.807) is 18.2 Å². The molecule has 2 aromatic heterocycles. The zero-order valence-electron chi connectivity index (χ0n) is 24.9. The van der Waals surface area contributed by atoms with Crippen molar-refractivity contribution in [2.45, 2.75) is 18.9 Å². The van der Waals surface area contributed by atoms with Crippen LogP contribution in [0.3, 0.4) is 0 Å². The Morgan fingerprint density at radius 3 is 2.44 bits per heavy atom. The van der Waals surface area contributed by atoms with Crippen LogP contribution in [0.1, 0.15) is 44.5 Å². The number of hydrogen-bond donors (Lipinski definition) is 2. The van der Waals surface area contributed by atoms with Crippen LogP contribution >= 0.6 is 11.3 Å².